The molecule has 0 N–H and O–H groups in total. The van der Waals surface area contributed by atoms with Crippen LogP contribution in [-0.4, -0.2) is 0 Å². The average molecular weight is 221 g/mol. The third-order valence-corrected chi connectivity index (χ3v) is 2.30. The van der Waals surface area contributed by atoms with E-state index in [9.17, 15) is 0 Å². The molecule has 2 rings (SSSR count). The van der Waals surface area contributed by atoms with Crippen LogP contribution in [0.25, 0.3) is 5.57 Å². The number of nitrogens with zero attached hydrogens (tertiary/aromatic N) is 1. The Labute approximate surface area is 100 Å². The summed E-state index contributed by atoms with van der Waals surface area (Å²) in [5, 5.41) is 8.78. The minimum Gasteiger partial charge on any atom is -0.457 e. The molecule has 0 radical (unpaired) electrons. The van der Waals surface area contributed by atoms with Crippen molar-refractivity contribution >= 4 is 5.57 Å². The molecule has 2 aromatic rings. The predicted molar refractivity (Wildman–Crippen MR) is 67.6 cm³/mol. The van der Waals surface area contributed by atoms with Gasteiger partial charge >= 0.3 is 0 Å². The lowest BCUT2D eigenvalue weighted by molar-refractivity contribution is 0.482. The maximum atomic E-state index is 8.78. The largest absolute Gasteiger partial charge is 0.457 e. The highest BCUT2D eigenvalue weighted by Gasteiger charge is 2.01. The molecule has 0 aliphatic rings. The molecule has 0 spiro atoms. The first-order valence-corrected chi connectivity index (χ1v) is 5.22. The Hall–Kier alpha value is -2.53. The SMILES string of the molecule is C=C(C#N)c1cccc(Oc2ccccc2)c1. The number of ether oxygens (including phenoxy) is 1. The van der Waals surface area contributed by atoms with E-state index in [1.165, 1.54) is 0 Å². The summed E-state index contributed by atoms with van der Waals surface area (Å²) in [5.41, 5.74) is 1.21. The van der Waals surface area contributed by atoms with Gasteiger partial charge in [-0.3, -0.25) is 0 Å². The number of nitriles is 1. The van der Waals surface area contributed by atoms with Gasteiger partial charge in [0.15, 0.2) is 0 Å². The van der Waals surface area contributed by atoms with E-state index >= 15 is 0 Å². The summed E-state index contributed by atoms with van der Waals surface area (Å²) >= 11 is 0. The van der Waals surface area contributed by atoms with Gasteiger partial charge in [0.1, 0.15) is 11.5 Å². The van der Waals surface area contributed by atoms with Gasteiger partial charge in [-0.1, -0.05) is 36.9 Å². The first kappa shape index (κ1) is 11.0. The van der Waals surface area contributed by atoms with Crippen LogP contribution in [0.4, 0.5) is 0 Å². The second kappa shape index (κ2) is 5.00. The van der Waals surface area contributed by atoms with E-state index in [-0.39, 0.29) is 0 Å². The van der Waals surface area contributed by atoms with Crippen molar-refractivity contribution in [1.82, 2.24) is 0 Å². The maximum absolute atomic E-state index is 8.78. The van der Waals surface area contributed by atoms with Gasteiger partial charge in [0.25, 0.3) is 0 Å². The van der Waals surface area contributed by atoms with Crippen molar-refractivity contribution in [2.24, 2.45) is 0 Å². The molecule has 0 bridgehead atoms. The third kappa shape index (κ3) is 2.73. The Bertz CT molecular complexity index is 567. The number of rotatable bonds is 3. The van der Waals surface area contributed by atoms with Crippen molar-refractivity contribution < 1.29 is 4.74 Å². The van der Waals surface area contributed by atoms with E-state index in [0.717, 1.165) is 11.3 Å². The van der Waals surface area contributed by atoms with Crippen LogP contribution in [0, 0.1) is 11.3 Å². The number of para-hydroxylation sites is 1. The highest BCUT2D eigenvalue weighted by atomic mass is 16.5. The van der Waals surface area contributed by atoms with E-state index in [0.29, 0.717) is 11.3 Å². The lowest BCUT2D eigenvalue weighted by Gasteiger charge is -2.06. The Balaban J connectivity index is 2.23. The molecule has 17 heavy (non-hydrogen) atoms. The monoisotopic (exact) mass is 221 g/mol. The van der Waals surface area contributed by atoms with Gasteiger partial charge in [0.2, 0.25) is 0 Å². The Morgan fingerprint density at radius 2 is 1.71 bits per heavy atom. The van der Waals surface area contributed by atoms with Gasteiger partial charge < -0.3 is 4.74 Å². The van der Waals surface area contributed by atoms with Crippen molar-refractivity contribution in [3.8, 4) is 17.6 Å². The topological polar surface area (TPSA) is 33.0 Å². The van der Waals surface area contributed by atoms with Crippen LogP contribution in [0.1, 0.15) is 5.56 Å². The standard InChI is InChI=1S/C15H11NO/c1-12(11-16)13-6-5-9-15(10-13)17-14-7-3-2-4-8-14/h2-10H,1H2. The van der Waals surface area contributed by atoms with Crippen molar-refractivity contribution in [2.45, 2.75) is 0 Å². The summed E-state index contributed by atoms with van der Waals surface area (Å²) in [4.78, 5) is 0. The minimum absolute atomic E-state index is 0.434. The molecule has 2 nitrogen and oxygen atoms in total. The fourth-order valence-electron chi connectivity index (χ4n) is 1.44. The van der Waals surface area contributed by atoms with Crippen LogP contribution >= 0.6 is 0 Å². The van der Waals surface area contributed by atoms with Gasteiger partial charge in [-0.05, 0) is 29.8 Å². The molecule has 0 atom stereocenters. The van der Waals surface area contributed by atoms with Crippen molar-refractivity contribution in [3.63, 3.8) is 0 Å². The van der Waals surface area contributed by atoms with Gasteiger partial charge in [-0.2, -0.15) is 5.26 Å². The molecular formula is C15H11NO. The quantitative estimate of drug-likeness (QED) is 0.733. The molecule has 82 valence electrons. The van der Waals surface area contributed by atoms with Crippen molar-refractivity contribution in [2.75, 3.05) is 0 Å². The van der Waals surface area contributed by atoms with Gasteiger partial charge in [0.05, 0.1) is 11.6 Å². The molecule has 0 aliphatic heterocycles. The van der Waals surface area contributed by atoms with E-state index in [4.69, 9.17) is 10.00 Å². The normalized spacial score (nSPS) is 9.35. The average Bonchev–Trinajstić information content (AvgIpc) is 2.39. The molecule has 0 fully saturated rings. The second-order valence-corrected chi connectivity index (χ2v) is 3.53. The molecule has 0 aromatic heterocycles. The Morgan fingerprint density at radius 1 is 1.00 bits per heavy atom. The lowest BCUT2D eigenvalue weighted by atomic mass is 10.1. The van der Waals surface area contributed by atoms with Crippen LogP contribution in [0.15, 0.2) is 61.2 Å². The first-order chi connectivity index (χ1) is 8.29. The fraction of sp³-hybridized carbons (Fsp3) is 0. The molecule has 0 saturated carbocycles. The van der Waals surface area contributed by atoms with Crippen molar-refractivity contribution in [3.05, 3.63) is 66.7 Å². The number of hydrogen-bond acceptors (Lipinski definition) is 2. The highest BCUT2D eigenvalue weighted by Crippen LogP contribution is 2.23. The zero-order valence-electron chi connectivity index (χ0n) is 9.26. The zero-order chi connectivity index (χ0) is 12.1. The molecule has 0 unspecified atom stereocenters. The lowest BCUT2D eigenvalue weighted by Crippen LogP contribution is -1.85. The molecule has 0 aliphatic carbocycles. The number of hydrogen-bond donors (Lipinski definition) is 0. The summed E-state index contributed by atoms with van der Waals surface area (Å²) in [6.45, 7) is 3.67. The molecule has 2 heteroatoms. The Kier molecular flexibility index (Phi) is 3.23. The molecule has 0 heterocycles. The summed E-state index contributed by atoms with van der Waals surface area (Å²) in [6, 6.07) is 18.9. The van der Waals surface area contributed by atoms with Crippen LogP contribution in [-0.2, 0) is 0 Å². The fourth-order valence-corrected chi connectivity index (χ4v) is 1.44. The van der Waals surface area contributed by atoms with Crippen LogP contribution in [0.2, 0.25) is 0 Å². The number of benzene rings is 2. The first-order valence-electron chi connectivity index (χ1n) is 5.22. The summed E-state index contributed by atoms with van der Waals surface area (Å²) in [6.07, 6.45) is 0. The van der Waals surface area contributed by atoms with Gasteiger partial charge in [-0.25, -0.2) is 0 Å². The Morgan fingerprint density at radius 3 is 2.41 bits per heavy atom. The molecule has 0 saturated heterocycles. The second-order valence-electron chi connectivity index (χ2n) is 3.53. The van der Waals surface area contributed by atoms with Crippen molar-refractivity contribution in [1.29, 1.82) is 5.26 Å². The van der Waals surface area contributed by atoms with E-state index in [1.807, 2.05) is 54.6 Å². The van der Waals surface area contributed by atoms with E-state index in [1.54, 1.807) is 6.07 Å². The highest BCUT2D eigenvalue weighted by molar-refractivity contribution is 5.75. The van der Waals surface area contributed by atoms with Crippen LogP contribution in [0.5, 0.6) is 11.5 Å². The summed E-state index contributed by atoms with van der Waals surface area (Å²) in [5.74, 6) is 1.47. The maximum Gasteiger partial charge on any atom is 0.128 e. The number of allylic oxidation sites excluding steroid dienone is 1. The molecule has 2 aromatic carbocycles. The summed E-state index contributed by atoms with van der Waals surface area (Å²) < 4.78 is 5.66. The summed E-state index contributed by atoms with van der Waals surface area (Å²) in [7, 11) is 0. The van der Waals surface area contributed by atoms with E-state index < -0.39 is 0 Å². The third-order valence-electron chi connectivity index (χ3n) is 2.30. The van der Waals surface area contributed by atoms with E-state index in [2.05, 4.69) is 6.58 Å². The predicted octanol–water partition coefficient (Wildman–Crippen LogP) is 4.02. The van der Waals surface area contributed by atoms with Crippen LogP contribution < -0.4 is 4.74 Å². The zero-order valence-corrected chi connectivity index (χ0v) is 9.26. The minimum atomic E-state index is 0.434. The van der Waals surface area contributed by atoms with Crippen LogP contribution in [0.3, 0.4) is 0 Å². The smallest absolute Gasteiger partial charge is 0.128 e. The van der Waals surface area contributed by atoms with Gasteiger partial charge in [0, 0.05) is 0 Å². The molecule has 0 amide bonds. The molecular weight excluding hydrogens is 210 g/mol. The van der Waals surface area contributed by atoms with Gasteiger partial charge in [-0.15, -0.1) is 0 Å².